The van der Waals surface area contributed by atoms with Crippen LogP contribution in [0.3, 0.4) is 0 Å². The molecule has 0 spiro atoms. The van der Waals surface area contributed by atoms with Gasteiger partial charge in [-0.05, 0) is 24.1 Å². The first-order chi connectivity index (χ1) is 9.85. The predicted octanol–water partition coefficient (Wildman–Crippen LogP) is 0.358. The zero-order chi connectivity index (χ0) is 15.5. The molecule has 0 aromatic heterocycles. The van der Waals surface area contributed by atoms with Crippen molar-refractivity contribution in [2.45, 2.75) is 18.2 Å². The van der Waals surface area contributed by atoms with Crippen LogP contribution in [0.1, 0.15) is 12.0 Å². The van der Waals surface area contributed by atoms with Crippen LogP contribution in [0.15, 0.2) is 24.3 Å². The highest BCUT2D eigenvalue weighted by Crippen LogP contribution is 2.11. The minimum Gasteiger partial charge on any atom is -0.326 e. The predicted molar refractivity (Wildman–Crippen MR) is 77.2 cm³/mol. The van der Waals surface area contributed by atoms with E-state index >= 15 is 0 Å². The number of nitrogens with one attached hydrogen (secondary N) is 3. The monoisotopic (exact) mass is 331 g/mol. The van der Waals surface area contributed by atoms with Crippen molar-refractivity contribution in [3.8, 4) is 0 Å². The number of imide groups is 1. The first-order valence-corrected chi connectivity index (χ1v) is 8.22. The third-order valence-electron chi connectivity index (χ3n) is 2.88. The van der Waals surface area contributed by atoms with Gasteiger partial charge in [-0.3, -0.25) is 10.1 Å². The summed E-state index contributed by atoms with van der Waals surface area (Å²) in [7, 11) is -3.51. The van der Waals surface area contributed by atoms with Crippen LogP contribution in [0, 0.1) is 0 Å². The molecule has 2 rings (SSSR count). The molecular formula is C12H14ClN3O4S. The number of halogens is 1. The SMILES string of the molecule is O=C1NC(=O)C(CCNS(=O)(=O)Cc2ccc(Cl)cc2)N1. The van der Waals surface area contributed by atoms with Crippen LogP contribution in [-0.2, 0) is 20.6 Å². The van der Waals surface area contributed by atoms with Gasteiger partial charge in [-0.2, -0.15) is 0 Å². The Hall–Kier alpha value is -1.64. The van der Waals surface area contributed by atoms with Crippen molar-refractivity contribution in [3.63, 3.8) is 0 Å². The third-order valence-corrected chi connectivity index (χ3v) is 4.49. The van der Waals surface area contributed by atoms with E-state index in [9.17, 15) is 18.0 Å². The lowest BCUT2D eigenvalue weighted by Gasteiger charge is -2.09. The van der Waals surface area contributed by atoms with Crippen molar-refractivity contribution >= 4 is 33.6 Å². The molecular weight excluding hydrogens is 318 g/mol. The molecule has 1 aromatic carbocycles. The third kappa shape index (κ3) is 4.69. The van der Waals surface area contributed by atoms with Crippen molar-refractivity contribution in [2.75, 3.05) is 6.54 Å². The smallest absolute Gasteiger partial charge is 0.322 e. The molecule has 1 aliphatic rings. The van der Waals surface area contributed by atoms with E-state index in [0.29, 0.717) is 10.6 Å². The standard InChI is InChI=1S/C12H14ClN3O4S/c13-9-3-1-8(2-4-9)7-21(19,20)14-6-5-10-11(17)16-12(18)15-10/h1-4,10,14H,5-7H2,(H2,15,16,17,18). The van der Waals surface area contributed by atoms with Gasteiger partial charge in [0.1, 0.15) is 6.04 Å². The molecule has 1 unspecified atom stereocenters. The van der Waals surface area contributed by atoms with Crippen molar-refractivity contribution < 1.29 is 18.0 Å². The molecule has 0 saturated carbocycles. The number of urea groups is 1. The van der Waals surface area contributed by atoms with E-state index in [1.54, 1.807) is 24.3 Å². The Morgan fingerprint density at radius 1 is 1.19 bits per heavy atom. The highest BCUT2D eigenvalue weighted by atomic mass is 35.5. The number of sulfonamides is 1. The summed E-state index contributed by atoms with van der Waals surface area (Å²) in [6.07, 6.45) is 0.192. The van der Waals surface area contributed by atoms with Gasteiger partial charge < -0.3 is 5.32 Å². The molecule has 21 heavy (non-hydrogen) atoms. The molecule has 114 valence electrons. The lowest BCUT2D eigenvalue weighted by Crippen LogP contribution is -2.35. The fourth-order valence-electron chi connectivity index (χ4n) is 1.87. The van der Waals surface area contributed by atoms with Gasteiger partial charge in [0, 0.05) is 11.6 Å². The van der Waals surface area contributed by atoms with Crippen LogP contribution in [-0.4, -0.2) is 32.9 Å². The number of hydrogen-bond donors (Lipinski definition) is 3. The van der Waals surface area contributed by atoms with E-state index in [0.717, 1.165) is 0 Å². The summed E-state index contributed by atoms with van der Waals surface area (Å²) in [5, 5.41) is 5.01. The maximum absolute atomic E-state index is 11.9. The van der Waals surface area contributed by atoms with E-state index in [2.05, 4.69) is 15.4 Å². The van der Waals surface area contributed by atoms with Crippen LogP contribution >= 0.6 is 11.6 Å². The molecule has 1 atom stereocenters. The number of benzene rings is 1. The molecule has 1 saturated heterocycles. The molecule has 3 N–H and O–H groups in total. The number of carbonyl (C=O) groups is 2. The van der Waals surface area contributed by atoms with E-state index in [1.807, 2.05) is 0 Å². The number of amides is 3. The Labute approximate surface area is 127 Å². The molecule has 1 heterocycles. The quantitative estimate of drug-likeness (QED) is 0.654. The molecule has 7 nitrogen and oxygen atoms in total. The zero-order valence-corrected chi connectivity index (χ0v) is 12.5. The second-order valence-corrected chi connectivity index (χ2v) is 6.83. The Morgan fingerprint density at radius 3 is 2.43 bits per heavy atom. The molecule has 0 bridgehead atoms. The van der Waals surface area contributed by atoms with E-state index in [4.69, 9.17) is 11.6 Å². The highest BCUT2D eigenvalue weighted by Gasteiger charge is 2.29. The molecule has 3 amide bonds. The number of hydrogen-bond acceptors (Lipinski definition) is 4. The van der Waals surface area contributed by atoms with Gasteiger partial charge in [0.15, 0.2) is 0 Å². The minimum absolute atomic E-state index is 0.0638. The van der Waals surface area contributed by atoms with Gasteiger partial charge in [0.05, 0.1) is 5.75 Å². The summed E-state index contributed by atoms with van der Waals surface area (Å²) in [6.45, 7) is 0.0638. The molecule has 0 aliphatic carbocycles. The second-order valence-electron chi connectivity index (χ2n) is 4.58. The van der Waals surface area contributed by atoms with Crippen LogP contribution in [0.5, 0.6) is 0 Å². The second kappa shape index (κ2) is 6.42. The van der Waals surface area contributed by atoms with Gasteiger partial charge in [-0.1, -0.05) is 23.7 Å². The summed E-state index contributed by atoms with van der Waals surface area (Å²) in [5.41, 5.74) is 0.610. The van der Waals surface area contributed by atoms with Gasteiger partial charge in [-0.15, -0.1) is 0 Å². The van der Waals surface area contributed by atoms with Crippen LogP contribution in [0.25, 0.3) is 0 Å². The van der Waals surface area contributed by atoms with Crippen molar-refractivity contribution in [1.29, 1.82) is 0 Å². The van der Waals surface area contributed by atoms with Crippen LogP contribution < -0.4 is 15.4 Å². The molecule has 1 fully saturated rings. The highest BCUT2D eigenvalue weighted by molar-refractivity contribution is 7.88. The van der Waals surface area contributed by atoms with Crippen molar-refractivity contribution in [1.82, 2.24) is 15.4 Å². The fraction of sp³-hybridized carbons (Fsp3) is 0.333. The average molecular weight is 332 g/mol. The lowest BCUT2D eigenvalue weighted by molar-refractivity contribution is -0.120. The summed E-state index contributed by atoms with van der Waals surface area (Å²) in [6, 6.07) is 5.23. The lowest BCUT2D eigenvalue weighted by atomic mass is 10.2. The summed E-state index contributed by atoms with van der Waals surface area (Å²) in [5.74, 6) is -0.621. The first kappa shape index (κ1) is 15.7. The fourth-order valence-corrected chi connectivity index (χ4v) is 3.16. The Morgan fingerprint density at radius 2 is 1.86 bits per heavy atom. The maximum Gasteiger partial charge on any atom is 0.322 e. The minimum atomic E-state index is -3.51. The Balaban J connectivity index is 1.83. The molecule has 1 aliphatic heterocycles. The summed E-state index contributed by atoms with van der Waals surface area (Å²) in [4.78, 5) is 22.2. The molecule has 9 heteroatoms. The number of rotatable bonds is 6. The van der Waals surface area contributed by atoms with Crippen molar-refractivity contribution in [3.05, 3.63) is 34.9 Å². The maximum atomic E-state index is 11.9. The summed E-state index contributed by atoms with van der Waals surface area (Å²) >= 11 is 5.73. The van der Waals surface area contributed by atoms with E-state index < -0.39 is 28.0 Å². The normalized spacial score (nSPS) is 18.4. The van der Waals surface area contributed by atoms with Crippen LogP contribution in [0.4, 0.5) is 4.79 Å². The van der Waals surface area contributed by atoms with Gasteiger partial charge >= 0.3 is 6.03 Å². The number of carbonyl (C=O) groups excluding carboxylic acids is 2. The zero-order valence-electron chi connectivity index (χ0n) is 10.9. The Kier molecular flexibility index (Phi) is 4.81. The molecule has 1 aromatic rings. The van der Waals surface area contributed by atoms with Crippen molar-refractivity contribution in [2.24, 2.45) is 0 Å². The first-order valence-electron chi connectivity index (χ1n) is 6.19. The summed E-state index contributed by atoms with van der Waals surface area (Å²) < 4.78 is 26.1. The topological polar surface area (TPSA) is 104 Å². The average Bonchev–Trinajstić information content (AvgIpc) is 2.70. The van der Waals surface area contributed by atoms with Gasteiger partial charge in [-0.25, -0.2) is 17.9 Å². The Bertz CT molecular complexity index is 645. The largest absolute Gasteiger partial charge is 0.326 e. The van der Waals surface area contributed by atoms with E-state index in [1.165, 1.54) is 0 Å². The van der Waals surface area contributed by atoms with Gasteiger partial charge in [0.2, 0.25) is 10.0 Å². The van der Waals surface area contributed by atoms with Gasteiger partial charge in [0.25, 0.3) is 5.91 Å². The molecule has 0 radical (unpaired) electrons. The van der Waals surface area contributed by atoms with E-state index in [-0.39, 0.29) is 18.7 Å². The van der Waals surface area contributed by atoms with Crippen LogP contribution in [0.2, 0.25) is 5.02 Å².